The third kappa shape index (κ3) is 8.68. The molecule has 11 heteroatoms. The predicted octanol–water partition coefficient (Wildman–Crippen LogP) is 7.53. The van der Waals surface area contributed by atoms with E-state index in [-0.39, 0.29) is 5.92 Å². The van der Waals surface area contributed by atoms with Crippen LogP contribution < -0.4 is 0 Å². The summed E-state index contributed by atoms with van der Waals surface area (Å²) in [6.45, 7) is 19.0. The number of ether oxygens (including phenoxy) is 1. The Morgan fingerprint density at radius 2 is 1.56 bits per heavy atom. The fourth-order valence-electron chi connectivity index (χ4n) is 8.43. The number of aliphatic hydroxyl groups is 4. The average Bonchev–Trinajstić information content (AvgIpc) is 3.87. The van der Waals surface area contributed by atoms with Gasteiger partial charge < -0.3 is 40.0 Å². The number of unbranched alkanes of at least 4 members (excludes halogenated alkanes) is 2. The number of aromatic amines is 2. The van der Waals surface area contributed by atoms with Gasteiger partial charge in [-0.05, 0) is 138 Å². The Bertz CT molecular complexity index is 2050. The zero-order valence-electron chi connectivity index (χ0n) is 33.7. The summed E-state index contributed by atoms with van der Waals surface area (Å²) in [5, 5.41) is 39.8. The van der Waals surface area contributed by atoms with Gasteiger partial charge >= 0.3 is 0 Å². The van der Waals surface area contributed by atoms with Gasteiger partial charge in [0.2, 0.25) is 0 Å². The van der Waals surface area contributed by atoms with Crippen LogP contribution >= 0.6 is 11.8 Å². The van der Waals surface area contributed by atoms with Gasteiger partial charge in [-0.15, -0.1) is 11.8 Å². The molecule has 1 saturated heterocycles. The standard InChI is InChI=1S/C44H61N5O5S/c1-9-29-26(5)35-22-38-30(10-2)25(4)34(46-38)21-36-27(6)31(40(48-36)28(7)33-19-24(3)32(45-33)20-37(29)47-35)15-14-17-49(8)16-12-11-13-18-55-44-43(53)42(52)41(51)39(23-50)54-44/h10,19-22,27,31,39,41-46,50-53H,2,9,11-18,23H2,1,3-8H3/t27-,31-,39+,41+,42-,43+,44-/m0/s1. The van der Waals surface area contributed by atoms with Crippen LogP contribution in [0, 0.1) is 20.8 Å². The molecule has 6 heterocycles. The Morgan fingerprint density at radius 1 is 0.855 bits per heavy atom. The molecule has 0 spiro atoms. The molecule has 3 aromatic rings. The smallest absolute Gasteiger partial charge is 0.132 e. The van der Waals surface area contributed by atoms with Crippen LogP contribution in [0.2, 0.25) is 0 Å². The maximum absolute atomic E-state index is 10.3. The van der Waals surface area contributed by atoms with E-state index in [0.29, 0.717) is 5.92 Å². The van der Waals surface area contributed by atoms with Crippen molar-refractivity contribution < 1.29 is 25.2 Å². The second-order valence-corrected chi connectivity index (χ2v) is 17.0. The minimum atomic E-state index is -1.32. The van der Waals surface area contributed by atoms with E-state index in [1.54, 1.807) is 0 Å². The van der Waals surface area contributed by atoms with Gasteiger partial charge in [0.1, 0.15) is 29.9 Å². The fourth-order valence-corrected chi connectivity index (χ4v) is 9.61. The van der Waals surface area contributed by atoms with Gasteiger partial charge in [0.15, 0.2) is 0 Å². The molecule has 0 unspecified atom stereocenters. The summed E-state index contributed by atoms with van der Waals surface area (Å²) in [6, 6.07) is 8.88. The van der Waals surface area contributed by atoms with Crippen molar-refractivity contribution in [1.82, 2.24) is 24.8 Å². The molecule has 3 aliphatic heterocycles. The van der Waals surface area contributed by atoms with Crippen LogP contribution in [0.4, 0.5) is 0 Å². The number of hydrogen-bond acceptors (Lipinski definition) is 9. The van der Waals surface area contributed by atoms with Crippen LogP contribution in [0.15, 0.2) is 30.8 Å². The molecule has 7 atom stereocenters. The molecule has 1 fully saturated rings. The normalized spacial score (nSPS) is 24.3. The number of aromatic nitrogens is 4. The molecule has 0 aliphatic carbocycles. The van der Waals surface area contributed by atoms with Crippen LogP contribution in [0.5, 0.6) is 0 Å². The Balaban J connectivity index is 1.17. The van der Waals surface area contributed by atoms with Crippen LogP contribution in [-0.4, -0.2) is 108 Å². The predicted molar refractivity (Wildman–Crippen MR) is 226 cm³/mol. The highest BCUT2D eigenvalue weighted by atomic mass is 32.2. The van der Waals surface area contributed by atoms with Crippen molar-refractivity contribution in [2.75, 3.05) is 32.5 Å². The molecule has 10 nitrogen and oxygen atoms in total. The fraction of sp³-hybridized carbons (Fsp3) is 0.545. The van der Waals surface area contributed by atoms with Crippen molar-refractivity contribution in [1.29, 1.82) is 0 Å². The maximum Gasteiger partial charge on any atom is 0.132 e. The summed E-state index contributed by atoms with van der Waals surface area (Å²) >= 11 is 1.43. The van der Waals surface area contributed by atoms with Gasteiger partial charge in [-0.3, -0.25) is 4.98 Å². The minimum Gasteiger partial charge on any atom is -0.394 e. The van der Waals surface area contributed by atoms with Gasteiger partial charge in [-0.1, -0.05) is 32.9 Å². The number of nitrogens with zero attached hydrogens (tertiary/aromatic N) is 3. The number of aliphatic hydroxyl groups excluding tert-OH is 4. The van der Waals surface area contributed by atoms with E-state index in [1.807, 2.05) is 6.08 Å². The average molecular weight is 772 g/mol. The molecule has 6 N–H and O–H groups in total. The highest BCUT2D eigenvalue weighted by Gasteiger charge is 2.43. The van der Waals surface area contributed by atoms with Crippen LogP contribution in [0.3, 0.4) is 0 Å². The Morgan fingerprint density at radius 3 is 2.29 bits per heavy atom. The summed E-state index contributed by atoms with van der Waals surface area (Å²) in [7, 11) is 2.19. The third-order valence-corrected chi connectivity index (χ3v) is 13.3. The third-order valence-electron chi connectivity index (χ3n) is 12.1. The van der Waals surface area contributed by atoms with Crippen molar-refractivity contribution >= 4 is 51.1 Å². The first-order valence-electron chi connectivity index (χ1n) is 20.0. The number of allylic oxidation sites excluding steroid dienone is 2. The molecule has 298 valence electrons. The molecule has 0 amide bonds. The highest BCUT2D eigenvalue weighted by Crippen LogP contribution is 2.42. The van der Waals surface area contributed by atoms with Crippen LogP contribution in [-0.2, 0) is 4.74 Å². The molecule has 0 aromatic carbocycles. The van der Waals surface area contributed by atoms with Gasteiger partial charge in [-0.2, -0.15) is 0 Å². The number of hydrogen-bond donors (Lipinski definition) is 6. The van der Waals surface area contributed by atoms with E-state index in [1.165, 1.54) is 34.0 Å². The van der Waals surface area contributed by atoms with Crippen LogP contribution in [0.25, 0.3) is 39.3 Å². The summed E-state index contributed by atoms with van der Waals surface area (Å²) in [6.07, 6.45) is 3.31. The van der Waals surface area contributed by atoms with Gasteiger partial charge in [-0.25, -0.2) is 4.98 Å². The van der Waals surface area contributed by atoms with Crippen molar-refractivity contribution in [2.45, 2.75) is 122 Å². The van der Waals surface area contributed by atoms with Crippen molar-refractivity contribution in [3.05, 3.63) is 75.9 Å². The van der Waals surface area contributed by atoms with Gasteiger partial charge in [0.05, 0.1) is 18.0 Å². The number of H-pyrrole nitrogens is 2. The van der Waals surface area contributed by atoms with Crippen LogP contribution in [0.1, 0.15) is 116 Å². The molecular formula is C44H61N5O5S. The summed E-state index contributed by atoms with van der Waals surface area (Å²) in [4.78, 5) is 20.4. The summed E-state index contributed by atoms with van der Waals surface area (Å²) < 4.78 is 5.63. The topological polar surface area (TPSA) is 151 Å². The molecular weight excluding hydrogens is 711 g/mol. The molecule has 3 aromatic heterocycles. The zero-order chi connectivity index (χ0) is 39.6. The molecule has 55 heavy (non-hydrogen) atoms. The lowest BCUT2D eigenvalue weighted by atomic mass is 9.86. The Hall–Kier alpha value is -3.29. The minimum absolute atomic E-state index is 0.254. The van der Waals surface area contributed by atoms with E-state index in [9.17, 15) is 20.4 Å². The first-order chi connectivity index (χ1) is 26.4. The number of fused-ring (bicyclic) bond motifs is 8. The number of aryl methyl sites for hydroxylation is 3. The second kappa shape index (κ2) is 17.9. The number of nitrogens with one attached hydrogen (secondary N) is 2. The van der Waals surface area contributed by atoms with Crippen molar-refractivity contribution in [3.63, 3.8) is 0 Å². The first kappa shape index (κ1) is 41.3. The van der Waals surface area contributed by atoms with E-state index in [0.717, 1.165) is 113 Å². The lowest BCUT2D eigenvalue weighted by Gasteiger charge is -2.39. The van der Waals surface area contributed by atoms with Gasteiger partial charge in [0, 0.05) is 50.9 Å². The highest BCUT2D eigenvalue weighted by molar-refractivity contribution is 7.99. The largest absolute Gasteiger partial charge is 0.394 e. The van der Waals surface area contributed by atoms with Gasteiger partial charge in [0.25, 0.3) is 0 Å². The zero-order valence-corrected chi connectivity index (χ0v) is 34.5. The van der Waals surface area contributed by atoms with E-state index in [2.05, 4.69) is 94.3 Å². The van der Waals surface area contributed by atoms with Crippen molar-refractivity contribution in [3.8, 4) is 0 Å². The lowest BCUT2D eigenvalue weighted by molar-refractivity contribution is -0.205. The molecule has 6 rings (SSSR count). The molecule has 0 saturated carbocycles. The van der Waals surface area contributed by atoms with E-state index < -0.39 is 36.5 Å². The number of rotatable bonds is 14. The Kier molecular flexibility index (Phi) is 13.4. The Labute approximate surface area is 330 Å². The first-order valence-corrected chi connectivity index (χ1v) is 21.1. The number of thioether (sulfide) groups is 1. The molecule has 3 aliphatic rings. The van der Waals surface area contributed by atoms with E-state index >= 15 is 0 Å². The SMILES string of the molecule is C=Cc1c(C)c2cc3nc(c(C)c4cc(C)c(cc5nc(cc1[nH]2)C(C)=C5CC)[nH]4)[C@@H](CCCN(C)CCCCCS[C@@H]1O[C@H](CO)[C@@H](O)[C@H](O)[C@H]1O)[C@@H]3C. The second-order valence-electron chi connectivity index (χ2n) is 15.8. The summed E-state index contributed by atoms with van der Waals surface area (Å²) in [5.41, 5.74) is 15.0. The quantitative estimate of drug-likeness (QED) is 0.0915. The van der Waals surface area contributed by atoms with E-state index in [4.69, 9.17) is 14.7 Å². The maximum atomic E-state index is 10.3. The summed E-state index contributed by atoms with van der Waals surface area (Å²) in [5.74, 6) is 1.31. The molecule has 0 radical (unpaired) electrons. The monoisotopic (exact) mass is 771 g/mol. The molecule has 8 bridgehead atoms. The van der Waals surface area contributed by atoms with Crippen molar-refractivity contribution in [2.24, 2.45) is 0 Å². The lowest BCUT2D eigenvalue weighted by Crippen LogP contribution is -2.57.